The van der Waals surface area contributed by atoms with E-state index >= 15 is 0 Å². The number of aliphatic hydroxyl groups is 1. The van der Waals surface area contributed by atoms with Crippen LogP contribution in [-0.2, 0) is 11.3 Å². The molecular weight excluding hydrogens is 243 g/mol. The van der Waals surface area contributed by atoms with E-state index in [1.54, 1.807) is 0 Å². The Morgan fingerprint density at radius 1 is 1.22 bits per heavy atom. The highest BCUT2D eigenvalue weighted by atomic mass is 19.1. The lowest BCUT2D eigenvalue weighted by Crippen LogP contribution is -2.41. The molecule has 1 aromatic carbocycles. The molecular formula is C11H13FN2O4. The monoisotopic (exact) mass is 256 g/mol. The molecule has 1 aromatic rings. The normalized spacial score (nSPS) is 11.7. The Bertz CT molecular complexity index is 422. The van der Waals surface area contributed by atoms with Crippen LogP contribution in [0.3, 0.4) is 0 Å². The molecule has 2 amide bonds. The molecule has 0 aliphatic heterocycles. The maximum absolute atomic E-state index is 12.6. The number of hydrogen-bond donors (Lipinski definition) is 4. The van der Waals surface area contributed by atoms with Crippen LogP contribution in [0.15, 0.2) is 24.3 Å². The topological polar surface area (TPSA) is 98.7 Å². The molecule has 0 spiro atoms. The summed E-state index contributed by atoms with van der Waals surface area (Å²) in [6.07, 6.45) is -1.64. The van der Waals surface area contributed by atoms with Gasteiger partial charge in [-0.2, -0.15) is 0 Å². The molecule has 0 saturated carbocycles. The van der Waals surface area contributed by atoms with Crippen LogP contribution in [0.25, 0.3) is 0 Å². The number of halogens is 1. The Hall–Kier alpha value is -2.15. The van der Waals surface area contributed by atoms with Gasteiger partial charge >= 0.3 is 12.0 Å². The summed E-state index contributed by atoms with van der Waals surface area (Å²) in [5.41, 5.74) is 0.699. The number of hydrogen-bond acceptors (Lipinski definition) is 3. The van der Waals surface area contributed by atoms with E-state index in [2.05, 4.69) is 10.6 Å². The first-order valence-corrected chi connectivity index (χ1v) is 5.16. The SMILES string of the molecule is O=C(NCc1ccc(F)cc1)NCC(O)C(=O)O. The number of rotatable bonds is 5. The van der Waals surface area contributed by atoms with Gasteiger partial charge in [-0.3, -0.25) is 0 Å². The van der Waals surface area contributed by atoms with Gasteiger partial charge in [0.25, 0.3) is 0 Å². The molecule has 1 atom stereocenters. The van der Waals surface area contributed by atoms with Gasteiger partial charge in [0.15, 0.2) is 6.10 Å². The zero-order valence-electron chi connectivity index (χ0n) is 9.39. The number of carboxylic acids is 1. The van der Waals surface area contributed by atoms with E-state index in [-0.39, 0.29) is 18.9 Å². The number of carbonyl (C=O) groups excluding carboxylic acids is 1. The first-order valence-electron chi connectivity index (χ1n) is 5.16. The van der Waals surface area contributed by atoms with Crippen LogP contribution in [0.1, 0.15) is 5.56 Å². The molecule has 0 heterocycles. The molecule has 1 unspecified atom stereocenters. The number of nitrogens with one attached hydrogen (secondary N) is 2. The van der Waals surface area contributed by atoms with E-state index in [1.807, 2.05) is 0 Å². The fraction of sp³-hybridized carbons (Fsp3) is 0.273. The highest BCUT2D eigenvalue weighted by molar-refractivity contribution is 5.76. The van der Waals surface area contributed by atoms with Crippen molar-refractivity contribution in [2.75, 3.05) is 6.54 Å². The second-order valence-electron chi connectivity index (χ2n) is 3.54. The van der Waals surface area contributed by atoms with Crippen molar-refractivity contribution in [3.63, 3.8) is 0 Å². The molecule has 6 nitrogen and oxygen atoms in total. The Labute approximate surface area is 102 Å². The maximum atomic E-state index is 12.6. The van der Waals surface area contributed by atoms with E-state index in [0.29, 0.717) is 5.56 Å². The van der Waals surface area contributed by atoms with Crippen molar-refractivity contribution >= 4 is 12.0 Å². The quantitative estimate of drug-likeness (QED) is 0.599. The summed E-state index contributed by atoms with van der Waals surface area (Å²) >= 11 is 0. The number of aliphatic carboxylic acids is 1. The molecule has 7 heteroatoms. The van der Waals surface area contributed by atoms with Gasteiger partial charge in [-0.05, 0) is 17.7 Å². The molecule has 0 aliphatic rings. The lowest BCUT2D eigenvalue weighted by molar-refractivity contribution is -0.146. The van der Waals surface area contributed by atoms with Crippen LogP contribution < -0.4 is 10.6 Å². The largest absolute Gasteiger partial charge is 0.479 e. The lowest BCUT2D eigenvalue weighted by atomic mass is 10.2. The molecule has 1 rings (SSSR count). The molecule has 4 N–H and O–H groups in total. The van der Waals surface area contributed by atoms with Crippen molar-refractivity contribution in [3.8, 4) is 0 Å². The number of aliphatic hydroxyl groups excluding tert-OH is 1. The van der Waals surface area contributed by atoms with Gasteiger partial charge in [0.05, 0.1) is 6.54 Å². The predicted octanol–water partition coefficient (Wildman–Crippen LogP) is 0.0704. The summed E-state index contributed by atoms with van der Waals surface area (Å²) in [6, 6.07) is 4.95. The molecule has 0 saturated heterocycles. The summed E-state index contributed by atoms with van der Waals surface area (Å²) in [4.78, 5) is 21.5. The minimum absolute atomic E-state index is 0.176. The summed E-state index contributed by atoms with van der Waals surface area (Å²) in [5, 5.41) is 21.9. The number of carbonyl (C=O) groups is 2. The van der Waals surface area contributed by atoms with Gasteiger partial charge in [-0.1, -0.05) is 12.1 Å². The third-order valence-corrected chi connectivity index (χ3v) is 2.11. The second kappa shape index (κ2) is 6.55. The van der Waals surface area contributed by atoms with Crippen molar-refractivity contribution in [1.82, 2.24) is 10.6 Å². The fourth-order valence-corrected chi connectivity index (χ4v) is 1.12. The third kappa shape index (κ3) is 4.79. The van der Waals surface area contributed by atoms with Gasteiger partial charge in [-0.25, -0.2) is 14.0 Å². The van der Waals surface area contributed by atoms with Gasteiger partial charge in [-0.15, -0.1) is 0 Å². The van der Waals surface area contributed by atoms with Crippen LogP contribution in [-0.4, -0.2) is 34.9 Å². The lowest BCUT2D eigenvalue weighted by Gasteiger charge is -2.09. The smallest absolute Gasteiger partial charge is 0.334 e. The third-order valence-electron chi connectivity index (χ3n) is 2.11. The first-order chi connectivity index (χ1) is 8.49. The van der Waals surface area contributed by atoms with Crippen molar-refractivity contribution in [3.05, 3.63) is 35.6 Å². The molecule has 0 radical (unpaired) electrons. The van der Waals surface area contributed by atoms with Crippen molar-refractivity contribution < 1.29 is 24.2 Å². The summed E-state index contributed by atoms with van der Waals surface area (Å²) in [7, 11) is 0. The maximum Gasteiger partial charge on any atom is 0.334 e. The number of carboxylic acid groups (broad SMARTS) is 1. The predicted molar refractivity (Wildman–Crippen MR) is 60.3 cm³/mol. The molecule has 0 aliphatic carbocycles. The van der Waals surface area contributed by atoms with E-state index in [0.717, 1.165) is 0 Å². The Kier molecular flexibility index (Phi) is 5.06. The zero-order chi connectivity index (χ0) is 13.5. The Morgan fingerprint density at radius 3 is 2.39 bits per heavy atom. The highest BCUT2D eigenvalue weighted by Gasteiger charge is 2.13. The molecule has 0 bridgehead atoms. The Balaban J connectivity index is 2.29. The molecule has 0 aromatic heterocycles. The standard InChI is InChI=1S/C11H13FN2O4/c12-8-3-1-7(2-4-8)5-13-11(18)14-6-9(15)10(16)17/h1-4,9,15H,5-6H2,(H,16,17)(H2,13,14,18). The van der Waals surface area contributed by atoms with Crippen molar-refractivity contribution in [2.24, 2.45) is 0 Å². The molecule has 18 heavy (non-hydrogen) atoms. The average molecular weight is 256 g/mol. The van der Waals surface area contributed by atoms with Crippen LogP contribution in [0, 0.1) is 5.82 Å². The fourth-order valence-electron chi connectivity index (χ4n) is 1.12. The highest BCUT2D eigenvalue weighted by Crippen LogP contribution is 2.01. The minimum atomic E-state index is -1.64. The van der Waals surface area contributed by atoms with E-state index in [1.165, 1.54) is 24.3 Å². The molecule has 98 valence electrons. The van der Waals surface area contributed by atoms with Gasteiger partial charge < -0.3 is 20.8 Å². The van der Waals surface area contributed by atoms with Crippen LogP contribution in [0.5, 0.6) is 0 Å². The van der Waals surface area contributed by atoms with Crippen LogP contribution in [0.2, 0.25) is 0 Å². The number of benzene rings is 1. The van der Waals surface area contributed by atoms with Gasteiger partial charge in [0.2, 0.25) is 0 Å². The van der Waals surface area contributed by atoms with Crippen molar-refractivity contribution in [2.45, 2.75) is 12.6 Å². The summed E-state index contributed by atoms with van der Waals surface area (Å²) in [5.74, 6) is -1.78. The van der Waals surface area contributed by atoms with E-state index < -0.39 is 18.1 Å². The van der Waals surface area contributed by atoms with Gasteiger partial charge in [0.1, 0.15) is 5.82 Å². The van der Waals surface area contributed by atoms with Crippen LogP contribution >= 0.6 is 0 Å². The van der Waals surface area contributed by atoms with Gasteiger partial charge in [0, 0.05) is 6.54 Å². The van der Waals surface area contributed by atoms with Crippen LogP contribution in [0.4, 0.5) is 9.18 Å². The van der Waals surface area contributed by atoms with E-state index in [9.17, 15) is 14.0 Å². The second-order valence-corrected chi connectivity index (χ2v) is 3.54. The first kappa shape index (κ1) is 13.9. The Morgan fingerprint density at radius 2 is 1.83 bits per heavy atom. The minimum Gasteiger partial charge on any atom is -0.479 e. The van der Waals surface area contributed by atoms with E-state index in [4.69, 9.17) is 10.2 Å². The summed E-state index contributed by atoms with van der Waals surface area (Å²) in [6.45, 7) is -0.208. The molecule has 0 fully saturated rings. The number of urea groups is 1. The number of amides is 2. The summed E-state index contributed by atoms with van der Waals surface area (Å²) < 4.78 is 12.6. The average Bonchev–Trinajstić information content (AvgIpc) is 2.35. The van der Waals surface area contributed by atoms with Crippen molar-refractivity contribution in [1.29, 1.82) is 0 Å². The zero-order valence-corrected chi connectivity index (χ0v) is 9.39.